The molecule has 0 radical (unpaired) electrons. The zero-order valence-electron chi connectivity index (χ0n) is 14.3. The first-order valence-corrected chi connectivity index (χ1v) is 7.90. The average molecular weight is 359 g/mol. The molecular formula is C16H20F3N3O3. The van der Waals surface area contributed by atoms with Crippen LogP contribution in [0.3, 0.4) is 0 Å². The van der Waals surface area contributed by atoms with Crippen molar-refractivity contribution in [3.05, 3.63) is 18.3 Å². The Balaban J connectivity index is 1.48. The minimum atomic E-state index is -4.72. The second kappa shape index (κ2) is 5.67. The smallest absolute Gasteiger partial charge is 0.444 e. The molecule has 2 fully saturated rings. The standard InChI is InChI=1S/C16H20F3N3O3/c1-14(2,3)25-13(23)22-9-15(10-22)7-21(8-15)12-5-4-11(6-20-12)24-16(17,18)19/h4-6H,7-10H2,1-3H3. The molecule has 3 rings (SSSR count). The van der Waals surface area contributed by atoms with Gasteiger partial charge in [-0.25, -0.2) is 9.78 Å². The fourth-order valence-corrected chi connectivity index (χ4v) is 3.10. The van der Waals surface area contributed by atoms with E-state index < -0.39 is 12.0 Å². The van der Waals surface area contributed by atoms with Gasteiger partial charge in [0.25, 0.3) is 0 Å². The molecule has 0 unspecified atom stereocenters. The number of anilines is 1. The summed E-state index contributed by atoms with van der Waals surface area (Å²) in [5.74, 6) is 0.252. The fourth-order valence-electron chi connectivity index (χ4n) is 3.10. The van der Waals surface area contributed by atoms with E-state index in [0.29, 0.717) is 32.0 Å². The lowest BCUT2D eigenvalue weighted by molar-refractivity contribution is -0.274. The van der Waals surface area contributed by atoms with Gasteiger partial charge in [-0.3, -0.25) is 0 Å². The predicted octanol–water partition coefficient (Wildman–Crippen LogP) is 3.04. The molecule has 2 aliphatic heterocycles. The highest BCUT2D eigenvalue weighted by Crippen LogP contribution is 2.42. The van der Waals surface area contributed by atoms with Gasteiger partial charge >= 0.3 is 12.5 Å². The van der Waals surface area contributed by atoms with Crippen LogP contribution in [0.5, 0.6) is 5.75 Å². The van der Waals surface area contributed by atoms with Crippen molar-refractivity contribution in [1.82, 2.24) is 9.88 Å². The number of nitrogens with zero attached hydrogens (tertiary/aromatic N) is 3. The molecule has 0 saturated carbocycles. The molecule has 1 amide bonds. The third kappa shape index (κ3) is 4.08. The molecule has 1 aromatic rings. The highest BCUT2D eigenvalue weighted by Gasteiger charge is 2.54. The molecule has 2 saturated heterocycles. The van der Waals surface area contributed by atoms with Crippen molar-refractivity contribution >= 4 is 11.9 Å². The van der Waals surface area contributed by atoms with Gasteiger partial charge in [0.1, 0.15) is 17.2 Å². The maximum absolute atomic E-state index is 12.1. The summed E-state index contributed by atoms with van der Waals surface area (Å²) < 4.78 is 45.5. The molecule has 138 valence electrons. The third-order valence-electron chi connectivity index (χ3n) is 4.04. The highest BCUT2D eigenvalue weighted by atomic mass is 19.4. The summed E-state index contributed by atoms with van der Waals surface area (Å²) in [6.07, 6.45) is -3.98. The zero-order chi connectivity index (χ0) is 18.5. The van der Waals surface area contributed by atoms with Gasteiger partial charge in [0.15, 0.2) is 0 Å². The van der Waals surface area contributed by atoms with Crippen LogP contribution in [0.15, 0.2) is 18.3 Å². The topological polar surface area (TPSA) is 54.9 Å². The second-order valence-corrected chi connectivity index (χ2v) is 7.59. The summed E-state index contributed by atoms with van der Waals surface area (Å²) in [6.45, 7) is 8.12. The molecule has 9 heteroatoms. The van der Waals surface area contributed by atoms with Gasteiger partial charge in [0.2, 0.25) is 0 Å². The molecule has 0 aliphatic carbocycles. The van der Waals surface area contributed by atoms with Crippen LogP contribution in [0.4, 0.5) is 23.8 Å². The number of hydrogen-bond acceptors (Lipinski definition) is 5. The number of hydrogen-bond donors (Lipinski definition) is 0. The van der Waals surface area contributed by atoms with Gasteiger partial charge in [0, 0.05) is 31.6 Å². The summed E-state index contributed by atoms with van der Waals surface area (Å²) in [5, 5.41) is 0. The van der Waals surface area contributed by atoms with Crippen molar-refractivity contribution in [2.75, 3.05) is 31.1 Å². The van der Waals surface area contributed by atoms with E-state index in [0.717, 1.165) is 6.20 Å². The van der Waals surface area contributed by atoms with Gasteiger partial charge in [-0.2, -0.15) is 0 Å². The van der Waals surface area contributed by atoms with Crippen molar-refractivity contribution in [2.24, 2.45) is 5.41 Å². The van der Waals surface area contributed by atoms with E-state index in [9.17, 15) is 18.0 Å². The first-order chi connectivity index (χ1) is 11.4. The first-order valence-electron chi connectivity index (χ1n) is 7.90. The Kier molecular flexibility index (Phi) is 4.00. The molecule has 1 spiro atoms. The van der Waals surface area contributed by atoms with Crippen LogP contribution in [0.2, 0.25) is 0 Å². The summed E-state index contributed by atoms with van der Waals surface area (Å²) in [7, 11) is 0. The molecule has 3 heterocycles. The number of pyridine rings is 1. The van der Waals surface area contributed by atoms with Crippen LogP contribution in [0.1, 0.15) is 20.8 Å². The Morgan fingerprint density at radius 1 is 1.16 bits per heavy atom. The number of carbonyl (C=O) groups is 1. The van der Waals surface area contributed by atoms with E-state index >= 15 is 0 Å². The lowest BCUT2D eigenvalue weighted by Gasteiger charge is -2.60. The van der Waals surface area contributed by atoms with Crippen molar-refractivity contribution in [1.29, 1.82) is 0 Å². The molecule has 25 heavy (non-hydrogen) atoms. The van der Waals surface area contributed by atoms with E-state index in [-0.39, 0.29) is 17.3 Å². The summed E-state index contributed by atoms with van der Waals surface area (Å²) in [5.41, 5.74) is -0.491. The van der Waals surface area contributed by atoms with Gasteiger partial charge < -0.3 is 19.3 Å². The molecule has 0 aromatic carbocycles. The minimum Gasteiger partial charge on any atom is -0.444 e. The number of alkyl halides is 3. The average Bonchev–Trinajstić information content (AvgIpc) is 2.33. The number of halogens is 3. The molecule has 0 N–H and O–H groups in total. The third-order valence-corrected chi connectivity index (χ3v) is 4.04. The van der Waals surface area contributed by atoms with Gasteiger partial charge in [-0.15, -0.1) is 13.2 Å². The normalized spacial score (nSPS) is 19.3. The van der Waals surface area contributed by atoms with Crippen LogP contribution in [-0.4, -0.2) is 54.1 Å². The molecule has 2 aliphatic rings. The largest absolute Gasteiger partial charge is 0.573 e. The SMILES string of the molecule is CC(C)(C)OC(=O)N1CC2(C1)CN(c1ccc(OC(F)(F)F)cn1)C2. The fraction of sp³-hybridized carbons (Fsp3) is 0.625. The predicted molar refractivity (Wildman–Crippen MR) is 83.4 cm³/mol. The van der Waals surface area contributed by atoms with Crippen LogP contribution in [-0.2, 0) is 4.74 Å². The summed E-state index contributed by atoms with van der Waals surface area (Å²) >= 11 is 0. The number of rotatable bonds is 2. The monoisotopic (exact) mass is 359 g/mol. The second-order valence-electron chi connectivity index (χ2n) is 7.59. The molecule has 0 bridgehead atoms. The maximum Gasteiger partial charge on any atom is 0.573 e. The minimum absolute atomic E-state index is 0.0275. The summed E-state index contributed by atoms with van der Waals surface area (Å²) in [6, 6.07) is 2.74. The lowest BCUT2D eigenvalue weighted by atomic mass is 9.73. The van der Waals surface area contributed by atoms with Crippen molar-refractivity contribution < 1.29 is 27.4 Å². The van der Waals surface area contributed by atoms with Crippen molar-refractivity contribution in [3.63, 3.8) is 0 Å². The van der Waals surface area contributed by atoms with Crippen LogP contribution < -0.4 is 9.64 Å². The molecular weight excluding hydrogens is 339 g/mol. The number of carbonyl (C=O) groups excluding carboxylic acids is 1. The van der Waals surface area contributed by atoms with Gasteiger partial charge in [-0.05, 0) is 32.9 Å². The van der Waals surface area contributed by atoms with Gasteiger partial charge in [-0.1, -0.05) is 0 Å². The Hall–Kier alpha value is -2.19. The Labute approximate surface area is 143 Å². The number of aromatic nitrogens is 1. The zero-order valence-corrected chi connectivity index (χ0v) is 14.3. The quantitative estimate of drug-likeness (QED) is 0.812. The number of ether oxygens (including phenoxy) is 2. The molecule has 0 atom stereocenters. The number of likely N-dealkylation sites (tertiary alicyclic amines) is 1. The Morgan fingerprint density at radius 3 is 2.28 bits per heavy atom. The van der Waals surface area contributed by atoms with Gasteiger partial charge in [0.05, 0.1) is 6.20 Å². The maximum atomic E-state index is 12.1. The van der Waals surface area contributed by atoms with E-state index in [1.807, 2.05) is 25.7 Å². The van der Waals surface area contributed by atoms with Crippen molar-refractivity contribution in [3.8, 4) is 5.75 Å². The summed E-state index contributed by atoms with van der Waals surface area (Å²) in [4.78, 5) is 19.6. The van der Waals surface area contributed by atoms with E-state index in [1.54, 1.807) is 4.90 Å². The first kappa shape index (κ1) is 17.6. The lowest BCUT2D eigenvalue weighted by Crippen LogP contribution is -2.73. The van der Waals surface area contributed by atoms with E-state index in [2.05, 4.69) is 9.72 Å². The Morgan fingerprint density at radius 2 is 1.80 bits per heavy atom. The van der Waals surface area contributed by atoms with E-state index in [4.69, 9.17) is 4.74 Å². The van der Waals surface area contributed by atoms with Crippen LogP contribution in [0.25, 0.3) is 0 Å². The highest BCUT2D eigenvalue weighted by molar-refractivity contribution is 5.70. The molecule has 6 nitrogen and oxygen atoms in total. The van der Waals surface area contributed by atoms with E-state index in [1.165, 1.54) is 12.1 Å². The molecule has 1 aromatic heterocycles. The Bertz CT molecular complexity index is 641. The number of amides is 1. The van der Waals surface area contributed by atoms with Crippen LogP contribution >= 0.6 is 0 Å². The van der Waals surface area contributed by atoms with Crippen LogP contribution in [0, 0.1) is 5.41 Å². The van der Waals surface area contributed by atoms with Crippen molar-refractivity contribution in [2.45, 2.75) is 32.7 Å².